The number of carbonyl (C=O) groups excluding carboxylic acids is 2. The van der Waals surface area contributed by atoms with Crippen molar-refractivity contribution in [2.45, 2.75) is 90.9 Å². The molecule has 0 aromatic rings. The highest BCUT2D eigenvalue weighted by molar-refractivity contribution is 5.84. The van der Waals surface area contributed by atoms with Crippen molar-refractivity contribution in [3.05, 3.63) is 0 Å². The second-order valence-electron chi connectivity index (χ2n) is 12.2. The van der Waals surface area contributed by atoms with Crippen LogP contribution in [-0.4, -0.2) is 11.6 Å². The molecule has 8 saturated carbocycles. The first-order chi connectivity index (χ1) is 12.3. The van der Waals surface area contributed by atoms with Gasteiger partial charge in [-0.05, 0) is 125 Å². The third-order valence-corrected chi connectivity index (χ3v) is 10.7. The molecular formula is C24H34O2. The van der Waals surface area contributed by atoms with Crippen molar-refractivity contribution in [2.75, 3.05) is 0 Å². The molecule has 0 spiro atoms. The van der Waals surface area contributed by atoms with Crippen LogP contribution < -0.4 is 0 Å². The molecule has 0 saturated heterocycles. The summed E-state index contributed by atoms with van der Waals surface area (Å²) in [7, 11) is 0. The first kappa shape index (κ1) is 16.3. The summed E-state index contributed by atoms with van der Waals surface area (Å²) in [6.45, 7) is 3.77. The van der Waals surface area contributed by atoms with E-state index < -0.39 is 0 Å². The Balaban J connectivity index is 1.46. The monoisotopic (exact) mass is 354 g/mol. The first-order valence-corrected chi connectivity index (χ1v) is 11.3. The van der Waals surface area contributed by atoms with Crippen molar-refractivity contribution in [1.29, 1.82) is 0 Å². The molecule has 4 atom stereocenters. The van der Waals surface area contributed by atoms with E-state index in [-0.39, 0.29) is 10.8 Å². The predicted octanol–water partition coefficient (Wildman–Crippen LogP) is 5.34. The fourth-order valence-electron chi connectivity index (χ4n) is 10.6. The summed E-state index contributed by atoms with van der Waals surface area (Å²) in [6, 6.07) is 0. The maximum absolute atomic E-state index is 12.8. The summed E-state index contributed by atoms with van der Waals surface area (Å²) in [5.41, 5.74) is 0.802. The Kier molecular flexibility index (Phi) is 2.92. The Morgan fingerprint density at radius 3 is 1.15 bits per heavy atom. The van der Waals surface area contributed by atoms with E-state index >= 15 is 0 Å². The largest absolute Gasteiger partial charge is 0.299 e. The van der Waals surface area contributed by atoms with Gasteiger partial charge >= 0.3 is 0 Å². The second kappa shape index (κ2) is 4.66. The van der Waals surface area contributed by atoms with Gasteiger partial charge in [-0.2, -0.15) is 0 Å². The summed E-state index contributed by atoms with van der Waals surface area (Å²) in [5, 5.41) is 0. The van der Waals surface area contributed by atoms with Crippen molar-refractivity contribution < 1.29 is 9.59 Å². The van der Waals surface area contributed by atoms with Crippen LogP contribution in [0.25, 0.3) is 0 Å². The number of rotatable bonds is 3. The van der Waals surface area contributed by atoms with E-state index in [1.807, 2.05) is 13.8 Å². The van der Waals surface area contributed by atoms with Gasteiger partial charge in [-0.3, -0.25) is 9.59 Å². The quantitative estimate of drug-likeness (QED) is 0.686. The van der Waals surface area contributed by atoms with Crippen molar-refractivity contribution in [2.24, 2.45) is 45.3 Å². The standard InChI is InChI=1S/C24H34O2/c1-15(25)21-5-17-3-18(6-21)10-23(9-17,13-21)24-11-19-4-20(12-24)8-22(7-19,14-24)16(2)26/h17-20H,3-14H2,1-2H3. The van der Waals surface area contributed by atoms with E-state index in [0.717, 1.165) is 23.7 Å². The molecule has 8 bridgehead atoms. The number of hydrogen-bond acceptors (Lipinski definition) is 2. The van der Waals surface area contributed by atoms with E-state index in [1.165, 1.54) is 77.0 Å². The van der Waals surface area contributed by atoms with Gasteiger partial charge in [-0.1, -0.05) is 0 Å². The summed E-state index contributed by atoms with van der Waals surface area (Å²) < 4.78 is 0. The molecule has 4 unspecified atom stereocenters. The van der Waals surface area contributed by atoms with Crippen LogP contribution in [0.5, 0.6) is 0 Å². The second-order valence-corrected chi connectivity index (χ2v) is 12.2. The van der Waals surface area contributed by atoms with Crippen molar-refractivity contribution >= 4 is 11.6 Å². The van der Waals surface area contributed by atoms with Crippen molar-refractivity contribution in [3.8, 4) is 0 Å². The molecule has 8 rings (SSSR count). The Morgan fingerprint density at radius 2 is 0.885 bits per heavy atom. The minimum absolute atomic E-state index is 0.0107. The lowest BCUT2D eigenvalue weighted by molar-refractivity contribution is -0.233. The van der Waals surface area contributed by atoms with Crippen LogP contribution in [-0.2, 0) is 9.59 Å². The van der Waals surface area contributed by atoms with Crippen molar-refractivity contribution in [3.63, 3.8) is 0 Å². The fourth-order valence-corrected chi connectivity index (χ4v) is 10.6. The van der Waals surface area contributed by atoms with Crippen molar-refractivity contribution in [1.82, 2.24) is 0 Å². The predicted molar refractivity (Wildman–Crippen MR) is 100 cm³/mol. The molecule has 0 aliphatic heterocycles. The van der Waals surface area contributed by atoms with Gasteiger partial charge in [0.25, 0.3) is 0 Å². The SMILES string of the molecule is CC(=O)C12CC3CC(C1)CC(C14CC5CC(CC(C(C)=O)(C5)C1)C4)(C3)C2. The normalized spacial score (nSPS) is 59.0. The van der Waals surface area contributed by atoms with Crippen LogP contribution in [0.4, 0.5) is 0 Å². The van der Waals surface area contributed by atoms with Gasteiger partial charge in [0.1, 0.15) is 11.6 Å². The molecule has 142 valence electrons. The van der Waals surface area contributed by atoms with Gasteiger partial charge in [-0.15, -0.1) is 0 Å². The lowest BCUT2D eigenvalue weighted by atomic mass is 9.31. The highest BCUT2D eigenvalue weighted by Crippen LogP contribution is 2.78. The van der Waals surface area contributed by atoms with Crippen LogP contribution in [0.3, 0.4) is 0 Å². The van der Waals surface area contributed by atoms with Crippen LogP contribution >= 0.6 is 0 Å². The van der Waals surface area contributed by atoms with Gasteiger partial charge in [0.2, 0.25) is 0 Å². The van der Waals surface area contributed by atoms with Gasteiger partial charge in [-0.25, -0.2) is 0 Å². The summed E-state index contributed by atoms with van der Waals surface area (Å²) in [4.78, 5) is 25.6. The third kappa shape index (κ3) is 1.80. The number of ketones is 2. The molecule has 0 heterocycles. The zero-order valence-electron chi connectivity index (χ0n) is 16.6. The highest BCUT2D eigenvalue weighted by Gasteiger charge is 2.70. The topological polar surface area (TPSA) is 34.1 Å². The van der Waals surface area contributed by atoms with E-state index in [4.69, 9.17) is 0 Å². The highest BCUT2D eigenvalue weighted by atomic mass is 16.1. The van der Waals surface area contributed by atoms with Crippen LogP contribution in [0.1, 0.15) is 90.9 Å². The van der Waals surface area contributed by atoms with E-state index in [1.54, 1.807) is 0 Å². The summed E-state index contributed by atoms with van der Waals surface area (Å²) >= 11 is 0. The average Bonchev–Trinajstić information content (AvgIpc) is 2.52. The Hall–Kier alpha value is -0.660. The molecule has 2 nitrogen and oxygen atoms in total. The molecule has 8 aliphatic carbocycles. The lowest BCUT2D eigenvalue weighted by Crippen LogP contribution is -2.66. The van der Waals surface area contributed by atoms with Crippen LogP contribution in [0, 0.1) is 45.3 Å². The summed E-state index contributed by atoms with van der Waals surface area (Å²) in [5.74, 6) is 4.15. The molecule has 0 radical (unpaired) electrons. The number of Topliss-reactive ketones (excluding diaryl/α,β-unsaturated/α-hetero) is 2. The molecule has 2 heteroatoms. The van der Waals surface area contributed by atoms with Gasteiger partial charge in [0, 0.05) is 10.8 Å². The van der Waals surface area contributed by atoms with Crippen LogP contribution in [0.15, 0.2) is 0 Å². The maximum Gasteiger partial charge on any atom is 0.136 e. The molecule has 8 aliphatic rings. The lowest BCUT2D eigenvalue weighted by Gasteiger charge is -2.73. The Bertz CT molecular complexity index is 615. The number of hydrogen-bond donors (Lipinski definition) is 0. The molecular weight excluding hydrogens is 320 g/mol. The minimum atomic E-state index is 0.0107. The average molecular weight is 355 g/mol. The molecule has 0 N–H and O–H groups in total. The molecule has 0 aromatic carbocycles. The maximum atomic E-state index is 12.8. The Morgan fingerprint density at radius 1 is 0.577 bits per heavy atom. The van der Waals surface area contributed by atoms with Crippen LogP contribution in [0.2, 0.25) is 0 Å². The zero-order valence-corrected chi connectivity index (χ0v) is 16.6. The fraction of sp³-hybridized carbons (Fsp3) is 0.917. The first-order valence-electron chi connectivity index (χ1n) is 11.3. The van der Waals surface area contributed by atoms with E-state index in [0.29, 0.717) is 22.4 Å². The van der Waals surface area contributed by atoms with E-state index in [9.17, 15) is 9.59 Å². The molecule has 0 amide bonds. The molecule has 0 aromatic heterocycles. The summed E-state index contributed by atoms with van der Waals surface area (Å²) in [6.07, 6.45) is 15.4. The minimum Gasteiger partial charge on any atom is -0.299 e. The Labute approximate surface area is 157 Å². The smallest absolute Gasteiger partial charge is 0.136 e. The zero-order chi connectivity index (χ0) is 17.9. The van der Waals surface area contributed by atoms with Gasteiger partial charge in [0.15, 0.2) is 0 Å². The molecule has 26 heavy (non-hydrogen) atoms. The van der Waals surface area contributed by atoms with E-state index in [2.05, 4.69) is 0 Å². The van der Waals surface area contributed by atoms with Gasteiger partial charge < -0.3 is 0 Å². The van der Waals surface area contributed by atoms with Gasteiger partial charge in [0.05, 0.1) is 0 Å². The molecule has 8 fully saturated rings. The third-order valence-electron chi connectivity index (χ3n) is 10.7. The number of carbonyl (C=O) groups is 2.